The van der Waals surface area contributed by atoms with Crippen LogP contribution in [0.15, 0.2) is 36.5 Å². The minimum Gasteiger partial charge on any atom is -0.444 e. The Morgan fingerprint density at radius 2 is 1.81 bits per heavy atom. The zero-order chi connectivity index (χ0) is 27.0. The fourth-order valence-electron chi connectivity index (χ4n) is 3.99. The Hall–Kier alpha value is -3.60. The van der Waals surface area contributed by atoms with Crippen molar-refractivity contribution in [2.75, 3.05) is 36.4 Å². The summed E-state index contributed by atoms with van der Waals surface area (Å²) in [6.45, 7) is 6.13. The van der Waals surface area contributed by atoms with Crippen molar-refractivity contribution < 1.29 is 27.5 Å². The first kappa shape index (κ1) is 26.5. The minimum absolute atomic E-state index is 0.00162. The lowest BCUT2D eigenvalue weighted by Crippen LogP contribution is -2.50. The number of nitrogens with zero attached hydrogens (tertiary/aromatic N) is 4. The number of benzene rings is 1. The number of anilines is 3. The van der Waals surface area contributed by atoms with Crippen LogP contribution >= 0.6 is 11.6 Å². The summed E-state index contributed by atoms with van der Waals surface area (Å²) in [5.74, 6) is 0. The topological polar surface area (TPSA) is 87.7 Å². The molecule has 4 rings (SSSR count). The molecular weight excluding hydrogens is 511 g/mol. The van der Waals surface area contributed by atoms with Gasteiger partial charge in [-0.2, -0.15) is 13.2 Å². The maximum absolute atomic E-state index is 14.1. The molecule has 0 aliphatic carbocycles. The van der Waals surface area contributed by atoms with Gasteiger partial charge >= 0.3 is 12.3 Å². The van der Waals surface area contributed by atoms with Crippen molar-refractivity contribution in [3.63, 3.8) is 0 Å². The summed E-state index contributed by atoms with van der Waals surface area (Å²) in [6, 6.07) is 6.99. The van der Waals surface area contributed by atoms with E-state index in [9.17, 15) is 22.8 Å². The second-order valence-corrected chi connectivity index (χ2v) is 9.90. The first-order valence-electron chi connectivity index (χ1n) is 11.5. The second-order valence-electron chi connectivity index (χ2n) is 9.52. The van der Waals surface area contributed by atoms with Crippen molar-refractivity contribution in [3.05, 3.63) is 52.8 Å². The third-order valence-electron chi connectivity index (χ3n) is 5.68. The normalized spacial score (nSPS) is 14.6. The monoisotopic (exact) mass is 535 g/mol. The van der Waals surface area contributed by atoms with Crippen LogP contribution in [0.5, 0.6) is 0 Å². The highest BCUT2D eigenvalue weighted by atomic mass is 35.5. The van der Waals surface area contributed by atoms with Gasteiger partial charge in [0.05, 0.1) is 22.3 Å². The third kappa shape index (κ3) is 6.04. The van der Waals surface area contributed by atoms with Gasteiger partial charge in [0.15, 0.2) is 6.29 Å². The number of hydrogen-bond acceptors (Lipinski definition) is 7. The molecule has 1 N–H and O–H groups in total. The van der Waals surface area contributed by atoms with Crippen molar-refractivity contribution in [1.82, 2.24) is 14.9 Å². The molecule has 3 aromatic rings. The summed E-state index contributed by atoms with van der Waals surface area (Å²) < 4.78 is 47.8. The summed E-state index contributed by atoms with van der Waals surface area (Å²) in [6.07, 6.45) is -3.28. The molecule has 0 saturated carbocycles. The van der Waals surface area contributed by atoms with E-state index in [1.165, 1.54) is 29.3 Å². The van der Waals surface area contributed by atoms with Crippen molar-refractivity contribution in [2.45, 2.75) is 32.5 Å². The Morgan fingerprint density at radius 1 is 1.11 bits per heavy atom. The molecule has 1 aliphatic heterocycles. The molecule has 1 amide bonds. The highest BCUT2D eigenvalue weighted by Gasteiger charge is 2.36. The van der Waals surface area contributed by atoms with Crippen LogP contribution in [0.4, 0.5) is 35.0 Å². The van der Waals surface area contributed by atoms with Crippen LogP contribution in [0.2, 0.25) is 5.15 Å². The number of amides is 1. The number of nitrogens with one attached hydrogen (secondary N) is 1. The van der Waals surface area contributed by atoms with E-state index in [0.29, 0.717) is 11.8 Å². The van der Waals surface area contributed by atoms with Crippen LogP contribution in [-0.2, 0) is 10.9 Å². The zero-order valence-corrected chi connectivity index (χ0v) is 21.2. The molecule has 0 atom stereocenters. The van der Waals surface area contributed by atoms with E-state index >= 15 is 0 Å². The second kappa shape index (κ2) is 10.0. The van der Waals surface area contributed by atoms with Crippen LogP contribution in [0.1, 0.15) is 36.7 Å². The Kier molecular flexibility index (Phi) is 7.18. The molecule has 12 heteroatoms. The van der Waals surface area contributed by atoms with Crippen LogP contribution in [-0.4, -0.2) is 59.0 Å². The summed E-state index contributed by atoms with van der Waals surface area (Å²) >= 11 is 6.00. The first-order chi connectivity index (χ1) is 17.4. The molecule has 2 aromatic heterocycles. The largest absolute Gasteiger partial charge is 0.444 e. The quantitative estimate of drug-likeness (QED) is 0.328. The molecule has 0 radical (unpaired) electrons. The maximum Gasteiger partial charge on any atom is 0.418 e. The minimum atomic E-state index is -4.65. The SMILES string of the molecule is CC(C)(C)OC(=O)N1CCN(c2ccc(Nc3c(C=O)cnc4ccc(Cl)nc34)cc2C(F)(F)F)CC1. The number of fused-ring (bicyclic) bond motifs is 1. The molecule has 1 fully saturated rings. The van der Waals surface area contributed by atoms with Crippen LogP contribution in [0.25, 0.3) is 11.0 Å². The number of ether oxygens (including phenoxy) is 1. The lowest BCUT2D eigenvalue weighted by molar-refractivity contribution is -0.137. The fraction of sp³-hybridized carbons (Fsp3) is 0.360. The van der Waals surface area contributed by atoms with Gasteiger partial charge in [0.2, 0.25) is 0 Å². The molecule has 1 aliphatic rings. The number of aromatic nitrogens is 2. The number of hydrogen-bond donors (Lipinski definition) is 1. The molecule has 3 heterocycles. The Bertz CT molecular complexity index is 1340. The van der Waals surface area contributed by atoms with Gasteiger partial charge in [-0.15, -0.1) is 0 Å². The van der Waals surface area contributed by atoms with Gasteiger partial charge < -0.3 is 19.9 Å². The summed E-state index contributed by atoms with van der Waals surface area (Å²) in [7, 11) is 0. The number of pyridine rings is 2. The first-order valence-corrected chi connectivity index (χ1v) is 11.8. The maximum atomic E-state index is 14.1. The zero-order valence-electron chi connectivity index (χ0n) is 20.4. The molecule has 0 bridgehead atoms. The van der Waals surface area contributed by atoms with Crippen molar-refractivity contribution in [3.8, 4) is 0 Å². The van der Waals surface area contributed by atoms with Crippen molar-refractivity contribution >= 4 is 52.1 Å². The van der Waals surface area contributed by atoms with E-state index in [0.717, 1.165) is 6.07 Å². The van der Waals surface area contributed by atoms with E-state index in [1.54, 1.807) is 31.7 Å². The van der Waals surface area contributed by atoms with Gasteiger partial charge in [-0.1, -0.05) is 11.6 Å². The summed E-state index contributed by atoms with van der Waals surface area (Å²) in [5, 5.41) is 3.05. The Morgan fingerprint density at radius 3 is 2.43 bits per heavy atom. The number of carbonyl (C=O) groups excluding carboxylic acids is 2. The van der Waals surface area contributed by atoms with E-state index in [1.807, 2.05) is 0 Å². The average Bonchev–Trinajstić information content (AvgIpc) is 2.83. The molecule has 0 unspecified atom stereocenters. The molecule has 196 valence electrons. The van der Waals surface area contributed by atoms with Crippen molar-refractivity contribution in [1.29, 1.82) is 0 Å². The number of carbonyl (C=O) groups is 2. The van der Waals surface area contributed by atoms with Crippen LogP contribution < -0.4 is 10.2 Å². The molecule has 1 aromatic carbocycles. The Labute approximate surface area is 216 Å². The van der Waals surface area contributed by atoms with Crippen LogP contribution in [0.3, 0.4) is 0 Å². The van der Waals surface area contributed by atoms with E-state index in [4.69, 9.17) is 16.3 Å². The molecule has 8 nitrogen and oxygen atoms in total. The number of piperazine rings is 1. The number of alkyl halides is 3. The van der Waals surface area contributed by atoms with Crippen LogP contribution in [0, 0.1) is 0 Å². The van der Waals surface area contributed by atoms with E-state index < -0.39 is 23.4 Å². The highest BCUT2D eigenvalue weighted by molar-refractivity contribution is 6.29. The number of aldehydes is 1. The highest BCUT2D eigenvalue weighted by Crippen LogP contribution is 2.40. The fourth-order valence-corrected chi connectivity index (χ4v) is 4.14. The summed E-state index contributed by atoms with van der Waals surface area (Å²) in [5.41, 5.74) is -0.390. The van der Waals surface area contributed by atoms with Gasteiger partial charge in [0.25, 0.3) is 0 Å². The van der Waals surface area contributed by atoms with Gasteiger partial charge in [-0.05, 0) is 51.1 Å². The molecule has 37 heavy (non-hydrogen) atoms. The average molecular weight is 536 g/mol. The third-order valence-corrected chi connectivity index (χ3v) is 5.89. The van der Waals surface area contributed by atoms with Gasteiger partial charge in [-0.3, -0.25) is 9.78 Å². The number of rotatable bonds is 4. The van der Waals surface area contributed by atoms with Crippen molar-refractivity contribution in [2.24, 2.45) is 0 Å². The lowest BCUT2D eigenvalue weighted by atomic mass is 10.1. The lowest BCUT2D eigenvalue weighted by Gasteiger charge is -2.37. The van der Waals surface area contributed by atoms with Gasteiger partial charge in [-0.25, -0.2) is 9.78 Å². The molecule has 1 saturated heterocycles. The number of halogens is 4. The summed E-state index contributed by atoms with van der Waals surface area (Å²) in [4.78, 5) is 35.4. The van der Waals surface area contributed by atoms with Gasteiger partial charge in [0, 0.05) is 43.8 Å². The van der Waals surface area contributed by atoms with E-state index in [2.05, 4.69) is 15.3 Å². The smallest absolute Gasteiger partial charge is 0.418 e. The standard InChI is InChI=1S/C25H25ClF3N5O3/c1-24(2,3)37-23(36)34-10-8-33(9-11-34)19-6-4-16(12-17(19)25(27,28)29)31-21-15(14-35)13-30-18-5-7-20(26)32-22(18)21/h4-7,12-14H,8-11H2,1-3H3,(H,30,31). The van der Waals surface area contributed by atoms with Gasteiger partial charge in [0.1, 0.15) is 16.3 Å². The predicted octanol–water partition coefficient (Wildman–Crippen LogP) is 5.92. The molecule has 0 spiro atoms. The molecular formula is C25H25ClF3N5O3. The predicted molar refractivity (Wildman–Crippen MR) is 135 cm³/mol. The Balaban J connectivity index is 1.62. The van der Waals surface area contributed by atoms with E-state index in [-0.39, 0.29) is 59.5 Å².